The Kier molecular flexibility index (Phi) is 2.66. The SMILES string of the molecule is CC[C@](N)(C#N)C(C)C. The van der Waals surface area contributed by atoms with Gasteiger partial charge in [0.15, 0.2) is 0 Å². The zero-order valence-corrected chi connectivity index (χ0v) is 6.31. The third-order valence-electron chi connectivity index (χ3n) is 1.82. The lowest BCUT2D eigenvalue weighted by molar-refractivity contribution is 0.384. The molecular formula is C7H14N2. The second-order valence-electron chi connectivity index (χ2n) is 2.66. The van der Waals surface area contributed by atoms with E-state index in [9.17, 15) is 0 Å². The van der Waals surface area contributed by atoms with Gasteiger partial charge < -0.3 is 5.73 Å². The van der Waals surface area contributed by atoms with Gasteiger partial charge in [0.2, 0.25) is 0 Å². The fraction of sp³-hybridized carbons (Fsp3) is 0.857. The summed E-state index contributed by atoms with van der Waals surface area (Å²) in [5.41, 5.74) is 5.07. The number of hydrogen-bond donors (Lipinski definition) is 1. The molecule has 0 aliphatic rings. The van der Waals surface area contributed by atoms with Crippen LogP contribution in [0.5, 0.6) is 0 Å². The Hall–Kier alpha value is -0.550. The maximum absolute atomic E-state index is 8.58. The molecule has 0 spiro atoms. The van der Waals surface area contributed by atoms with E-state index in [1.807, 2.05) is 20.8 Å². The standard InChI is InChI=1S/C7H14N2/c1-4-7(9,5-8)6(2)3/h6H,4,9H2,1-3H3/t7-/m0/s1. The van der Waals surface area contributed by atoms with Crippen molar-refractivity contribution in [3.63, 3.8) is 0 Å². The number of nitriles is 1. The minimum atomic E-state index is -0.611. The van der Waals surface area contributed by atoms with Crippen LogP contribution in [0, 0.1) is 17.2 Å². The molecule has 0 bridgehead atoms. The highest BCUT2D eigenvalue weighted by atomic mass is 14.7. The number of nitrogens with two attached hydrogens (primary N) is 1. The number of rotatable bonds is 2. The van der Waals surface area contributed by atoms with E-state index in [-0.39, 0.29) is 5.92 Å². The maximum Gasteiger partial charge on any atom is 0.106 e. The first kappa shape index (κ1) is 8.45. The van der Waals surface area contributed by atoms with Gasteiger partial charge in [0.05, 0.1) is 6.07 Å². The van der Waals surface area contributed by atoms with Gasteiger partial charge in [0, 0.05) is 0 Å². The predicted molar refractivity (Wildman–Crippen MR) is 37.7 cm³/mol. The lowest BCUT2D eigenvalue weighted by Gasteiger charge is -2.23. The summed E-state index contributed by atoms with van der Waals surface area (Å²) in [6, 6.07) is 2.11. The van der Waals surface area contributed by atoms with Crippen molar-refractivity contribution in [2.45, 2.75) is 32.7 Å². The fourth-order valence-electron chi connectivity index (χ4n) is 0.616. The molecule has 0 fully saturated rings. The molecule has 1 atom stereocenters. The van der Waals surface area contributed by atoms with Crippen LogP contribution in [0.4, 0.5) is 0 Å². The maximum atomic E-state index is 8.58. The van der Waals surface area contributed by atoms with Crippen molar-refractivity contribution in [3.05, 3.63) is 0 Å². The van der Waals surface area contributed by atoms with Gasteiger partial charge in [-0.25, -0.2) is 0 Å². The minimum absolute atomic E-state index is 0.243. The molecule has 0 aromatic rings. The quantitative estimate of drug-likeness (QED) is 0.605. The predicted octanol–water partition coefficient (Wildman–Crippen LogP) is 1.27. The van der Waals surface area contributed by atoms with Crippen LogP contribution in [-0.2, 0) is 0 Å². The van der Waals surface area contributed by atoms with Gasteiger partial charge in [-0.2, -0.15) is 5.26 Å². The van der Waals surface area contributed by atoms with Crippen molar-refractivity contribution in [1.29, 1.82) is 5.26 Å². The highest BCUT2D eigenvalue weighted by Crippen LogP contribution is 2.15. The molecule has 0 rings (SSSR count). The van der Waals surface area contributed by atoms with Crippen LogP contribution in [0.25, 0.3) is 0 Å². The highest BCUT2D eigenvalue weighted by Gasteiger charge is 2.25. The van der Waals surface area contributed by atoms with Crippen LogP contribution >= 0.6 is 0 Å². The van der Waals surface area contributed by atoms with Crippen molar-refractivity contribution >= 4 is 0 Å². The van der Waals surface area contributed by atoms with Crippen molar-refractivity contribution in [2.75, 3.05) is 0 Å². The number of hydrogen-bond acceptors (Lipinski definition) is 2. The van der Waals surface area contributed by atoms with Gasteiger partial charge in [-0.15, -0.1) is 0 Å². The van der Waals surface area contributed by atoms with E-state index >= 15 is 0 Å². The molecule has 0 aromatic heterocycles. The topological polar surface area (TPSA) is 49.8 Å². The Morgan fingerprint density at radius 1 is 1.67 bits per heavy atom. The van der Waals surface area contributed by atoms with Crippen molar-refractivity contribution < 1.29 is 0 Å². The lowest BCUT2D eigenvalue weighted by Crippen LogP contribution is -2.42. The summed E-state index contributed by atoms with van der Waals surface area (Å²) in [5, 5.41) is 8.58. The molecular weight excluding hydrogens is 112 g/mol. The summed E-state index contributed by atoms with van der Waals surface area (Å²) < 4.78 is 0. The molecule has 9 heavy (non-hydrogen) atoms. The molecule has 2 heteroatoms. The second-order valence-corrected chi connectivity index (χ2v) is 2.66. The zero-order chi connectivity index (χ0) is 7.49. The van der Waals surface area contributed by atoms with Gasteiger partial charge in [0.25, 0.3) is 0 Å². The smallest absolute Gasteiger partial charge is 0.106 e. The van der Waals surface area contributed by atoms with Crippen LogP contribution in [0.2, 0.25) is 0 Å². The van der Waals surface area contributed by atoms with Gasteiger partial charge in [0.1, 0.15) is 5.54 Å². The molecule has 0 unspecified atom stereocenters. The molecule has 0 saturated carbocycles. The van der Waals surface area contributed by atoms with Crippen molar-refractivity contribution in [2.24, 2.45) is 11.7 Å². The van der Waals surface area contributed by atoms with E-state index in [4.69, 9.17) is 11.0 Å². The summed E-state index contributed by atoms with van der Waals surface area (Å²) in [6.07, 6.45) is 0.723. The third kappa shape index (κ3) is 1.69. The Morgan fingerprint density at radius 3 is 2.11 bits per heavy atom. The lowest BCUT2D eigenvalue weighted by atomic mass is 9.87. The molecule has 2 N–H and O–H groups in total. The molecule has 0 heterocycles. The molecule has 0 amide bonds. The summed E-state index contributed by atoms with van der Waals surface area (Å²) in [6.45, 7) is 5.86. The van der Waals surface area contributed by atoms with Crippen molar-refractivity contribution in [1.82, 2.24) is 0 Å². The fourth-order valence-corrected chi connectivity index (χ4v) is 0.616. The average Bonchev–Trinajstić information content (AvgIpc) is 1.86. The van der Waals surface area contributed by atoms with Crippen molar-refractivity contribution in [3.8, 4) is 6.07 Å². The summed E-state index contributed by atoms with van der Waals surface area (Å²) in [7, 11) is 0. The molecule has 2 nitrogen and oxygen atoms in total. The minimum Gasteiger partial charge on any atom is -0.313 e. The Labute approximate surface area is 56.7 Å². The Balaban J connectivity index is 4.14. The van der Waals surface area contributed by atoms with Gasteiger partial charge >= 0.3 is 0 Å². The molecule has 0 saturated heterocycles. The van der Waals surface area contributed by atoms with E-state index in [0.29, 0.717) is 0 Å². The molecule has 0 aromatic carbocycles. The average molecular weight is 126 g/mol. The Morgan fingerprint density at radius 2 is 2.11 bits per heavy atom. The van der Waals surface area contributed by atoms with Gasteiger partial charge in [-0.05, 0) is 12.3 Å². The molecule has 0 aliphatic carbocycles. The summed E-state index contributed by atoms with van der Waals surface area (Å²) in [4.78, 5) is 0. The second kappa shape index (κ2) is 2.84. The van der Waals surface area contributed by atoms with Crippen LogP contribution in [-0.4, -0.2) is 5.54 Å². The van der Waals surface area contributed by atoms with Gasteiger partial charge in [-0.3, -0.25) is 0 Å². The Bertz CT molecular complexity index is 123. The first-order valence-electron chi connectivity index (χ1n) is 3.27. The first-order chi connectivity index (χ1) is 4.06. The van der Waals surface area contributed by atoms with Crippen LogP contribution in [0.1, 0.15) is 27.2 Å². The summed E-state index contributed by atoms with van der Waals surface area (Å²) >= 11 is 0. The summed E-state index contributed by atoms with van der Waals surface area (Å²) in [5.74, 6) is 0.243. The monoisotopic (exact) mass is 126 g/mol. The largest absolute Gasteiger partial charge is 0.313 e. The van der Waals surface area contributed by atoms with Crippen LogP contribution < -0.4 is 5.73 Å². The van der Waals surface area contributed by atoms with E-state index < -0.39 is 5.54 Å². The normalized spacial score (nSPS) is 16.9. The first-order valence-corrected chi connectivity index (χ1v) is 3.27. The molecule has 52 valence electrons. The van der Waals surface area contributed by atoms with E-state index in [0.717, 1.165) is 6.42 Å². The van der Waals surface area contributed by atoms with Crippen LogP contribution in [0.3, 0.4) is 0 Å². The van der Waals surface area contributed by atoms with Gasteiger partial charge in [-0.1, -0.05) is 20.8 Å². The van der Waals surface area contributed by atoms with E-state index in [1.165, 1.54) is 0 Å². The highest BCUT2D eigenvalue weighted by molar-refractivity contribution is 5.05. The van der Waals surface area contributed by atoms with E-state index in [1.54, 1.807) is 0 Å². The molecule has 0 aliphatic heterocycles. The van der Waals surface area contributed by atoms with Crippen LogP contribution in [0.15, 0.2) is 0 Å². The zero-order valence-electron chi connectivity index (χ0n) is 6.31. The molecule has 0 radical (unpaired) electrons. The van der Waals surface area contributed by atoms with E-state index in [2.05, 4.69) is 6.07 Å². The third-order valence-corrected chi connectivity index (χ3v) is 1.82. The number of nitrogens with zero attached hydrogens (tertiary/aromatic N) is 1.